The fourth-order valence-corrected chi connectivity index (χ4v) is 2.44. The monoisotopic (exact) mass is 293 g/mol. The van der Waals surface area contributed by atoms with E-state index in [0.717, 1.165) is 5.56 Å². The quantitative estimate of drug-likeness (QED) is 0.857. The highest BCUT2D eigenvalue weighted by Gasteiger charge is 2.49. The molecule has 1 N–H and O–H groups in total. The predicted molar refractivity (Wildman–Crippen MR) is 75.3 cm³/mol. The number of amides is 1. The van der Waals surface area contributed by atoms with Gasteiger partial charge in [0.15, 0.2) is 11.5 Å². The fourth-order valence-electron chi connectivity index (χ4n) is 2.44. The molecule has 114 valence electrons. The largest absolute Gasteiger partial charge is 0.493 e. The molecule has 1 aromatic carbocycles. The van der Waals surface area contributed by atoms with Crippen LogP contribution in [0.25, 0.3) is 0 Å². The van der Waals surface area contributed by atoms with E-state index < -0.39 is 17.8 Å². The molecule has 1 saturated carbocycles. The maximum atomic E-state index is 12.2. The normalized spacial score (nSPS) is 19.8. The summed E-state index contributed by atoms with van der Waals surface area (Å²) in [5, 5.41) is 8.89. The number of para-hydroxylation sites is 1. The predicted octanol–water partition coefficient (Wildman–Crippen LogP) is 1.38. The van der Waals surface area contributed by atoms with E-state index in [9.17, 15) is 9.59 Å². The number of carbonyl (C=O) groups excluding carboxylic acids is 1. The van der Waals surface area contributed by atoms with E-state index >= 15 is 0 Å². The molecule has 0 radical (unpaired) electrons. The van der Waals surface area contributed by atoms with Gasteiger partial charge in [0, 0.05) is 19.2 Å². The molecule has 0 spiro atoms. The summed E-state index contributed by atoms with van der Waals surface area (Å²) in [6, 6.07) is 5.46. The molecule has 21 heavy (non-hydrogen) atoms. The number of hydrogen-bond donors (Lipinski definition) is 1. The number of carboxylic acid groups (broad SMARTS) is 1. The van der Waals surface area contributed by atoms with Gasteiger partial charge in [0.05, 0.1) is 26.1 Å². The van der Waals surface area contributed by atoms with Gasteiger partial charge in [-0.15, -0.1) is 0 Å². The molecule has 0 aromatic heterocycles. The summed E-state index contributed by atoms with van der Waals surface area (Å²) in [5.74, 6) is -0.792. The van der Waals surface area contributed by atoms with Crippen molar-refractivity contribution in [3.63, 3.8) is 0 Å². The van der Waals surface area contributed by atoms with Crippen molar-refractivity contribution in [1.82, 2.24) is 4.90 Å². The third kappa shape index (κ3) is 3.09. The van der Waals surface area contributed by atoms with Gasteiger partial charge in [-0.05, 0) is 12.5 Å². The first kappa shape index (κ1) is 15.2. The van der Waals surface area contributed by atoms with Gasteiger partial charge in [-0.2, -0.15) is 0 Å². The van der Waals surface area contributed by atoms with Crippen molar-refractivity contribution in [2.45, 2.75) is 13.0 Å². The van der Waals surface area contributed by atoms with Crippen molar-refractivity contribution in [2.75, 3.05) is 21.3 Å². The lowest BCUT2D eigenvalue weighted by Gasteiger charge is -2.20. The molecule has 1 aliphatic carbocycles. The minimum atomic E-state index is -0.902. The summed E-state index contributed by atoms with van der Waals surface area (Å²) in [5.41, 5.74) is 0.820. The summed E-state index contributed by atoms with van der Waals surface area (Å²) in [6.07, 6.45) is 0.424. The highest BCUT2D eigenvalue weighted by molar-refractivity contribution is 5.89. The van der Waals surface area contributed by atoms with Crippen LogP contribution in [0.1, 0.15) is 12.0 Å². The van der Waals surface area contributed by atoms with E-state index in [0.29, 0.717) is 24.5 Å². The van der Waals surface area contributed by atoms with Gasteiger partial charge in [0.25, 0.3) is 0 Å². The molecule has 1 fully saturated rings. The number of benzene rings is 1. The Labute approximate surface area is 123 Å². The van der Waals surface area contributed by atoms with E-state index in [1.807, 2.05) is 12.1 Å². The number of nitrogens with zero attached hydrogens (tertiary/aromatic N) is 1. The van der Waals surface area contributed by atoms with Gasteiger partial charge < -0.3 is 19.5 Å². The first-order valence-electron chi connectivity index (χ1n) is 6.67. The third-order valence-electron chi connectivity index (χ3n) is 3.69. The van der Waals surface area contributed by atoms with Gasteiger partial charge in [-0.1, -0.05) is 12.1 Å². The Bertz CT molecular complexity index is 557. The SMILES string of the molecule is COc1cccc(CN(C)C(=O)[C@@H]2C[C@@H]2C(=O)O)c1OC. The zero-order valence-electron chi connectivity index (χ0n) is 12.3. The summed E-state index contributed by atoms with van der Waals surface area (Å²) < 4.78 is 10.5. The van der Waals surface area contributed by atoms with Crippen LogP contribution in [-0.2, 0) is 16.1 Å². The molecular formula is C15H19NO5. The molecule has 6 nitrogen and oxygen atoms in total. The van der Waals surface area contributed by atoms with Crippen LogP contribution in [-0.4, -0.2) is 43.2 Å². The molecule has 1 amide bonds. The van der Waals surface area contributed by atoms with Gasteiger partial charge in [-0.3, -0.25) is 9.59 Å². The van der Waals surface area contributed by atoms with Crippen LogP contribution in [0.2, 0.25) is 0 Å². The Hall–Kier alpha value is -2.24. The summed E-state index contributed by atoms with van der Waals surface area (Å²) in [6.45, 7) is 0.349. The molecule has 2 atom stereocenters. The smallest absolute Gasteiger partial charge is 0.307 e. The van der Waals surface area contributed by atoms with E-state index in [-0.39, 0.29) is 5.91 Å². The van der Waals surface area contributed by atoms with Gasteiger partial charge in [0.1, 0.15) is 0 Å². The Morgan fingerprint density at radius 1 is 1.29 bits per heavy atom. The molecule has 0 heterocycles. The topological polar surface area (TPSA) is 76.1 Å². The van der Waals surface area contributed by atoms with Crippen molar-refractivity contribution in [3.8, 4) is 11.5 Å². The zero-order chi connectivity index (χ0) is 15.6. The van der Waals surface area contributed by atoms with Crippen molar-refractivity contribution in [1.29, 1.82) is 0 Å². The van der Waals surface area contributed by atoms with E-state index in [1.54, 1.807) is 27.3 Å². The summed E-state index contributed by atoms with van der Waals surface area (Å²) in [7, 11) is 4.77. The second kappa shape index (κ2) is 6.03. The number of rotatable bonds is 6. The molecule has 6 heteroatoms. The molecule has 1 aromatic rings. The van der Waals surface area contributed by atoms with Crippen molar-refractivity contribution in [3.05, 3.63) is 23.8 Å². The van der Waals surface area contributed by atoms with Crippen LogP contribution in [0.3, 0.4) is 0 Å². The fraction of sp³-hybridized carbons (Fsp3) is 0.467. The lowest BCUT2D eigenvalue weighted by Crippen LogP contribution is -2.29. The number of ether oxygens (including phenoxy) is 2. The molecule has 0 bridgehead atoms. The standard InChI is InChI=1S/C15H19NO5/c1-16(14(17)10-7-11(10)15(18)19)8-9-5-4-6-12(20-2)13(9)21-3/h4-6,10-11H,7-8H2,1-3H3,(H,18,19)/t10-,11+/m1/s1. The molecule has 0 unspecified atom stereocenters. The first-order chi connectivity index (χ1) is 9.99. The number of carbonyl (C=O) groups is 2. The molecule has 0 aliphatic heterocycles. The molecule has 1 aliphatic rings. The number of aliphatic carboxylic acids is 1. The zero-order valence-corrected chi connectivity index (χ0v) is 12.3. The number of methoxy groups -OCH3 is 2. The number of hydrogen-bond acceptors (Lipinski definition) is 4. The van der Waals surface area contributed by atoms with Gasteiger partial charge in [-0.25, -0.2) is 0 Å². The second-order valence-electron chi connectivity index (χ2n) is 5.13. The minimum absolute atomic E-state index is 0.146. The Balaban J connectivity index is 2.08. The highest BCUT2D eigenvalue weighted by atomic mass is 16.5. The van der Waals surface area contributed by atoms with Crippen molar-refractivity contribution in [2.24, 2.45) is 11.8 Å². The van der Waals surface area contributed by atoms with Gasteiger partial charge in [0.2, 0.25) is 5.91 Å². The summed E-state index contributed by atoms with van der Waals surface area (Å²) >= 11 is 0. The highest BCUT2D eigenvalue weighted by Crippen LogP contribution is 2.40. The van der Waals surface area contributed by atoms with Gasteiger partial charge >= 0.3 is 5.97 Å². The first-order valence-corrected chi connectivity index (χ1v) is 6.67. The Morgan fingerprint density at radius 2 is 2.00 bits per heavy atom. The maximum absolute atomic E-state index is 12.2. The van der Waals surface area contributed by atoms with Crippen LogP contribution >= 0.6 is 0 Å². The minimum Gasteiger partial charge on any atom is -0.493 e. The third-order valence-corrected chi connectivity index (χ3v) is 3.69. The van der Waals surface area contributed by atoms with Crippen LogP contribution in [0, 0.1) is 11.8 Å². The van der Waals surface area contributed by atoms with E-state index in [2.05, 4.69) is 0 Å². The lowest BCUT2D eigenvalue weighted by atomic mass is 10.1. The van der Waals surface area contributed by atoms with E-state index in [4.69, 9.17) is 14.6 Å². The van der Waals surface area contributed by atoms with Crippen molar-refractivity contribution >= 4 is 11.9 Å². The summed E-state index contributed by atoms with van der Waals surface area (Å²) in [4.78, 5) is 24.5. The Morgan fingerprint density at radius 3 is 2.52 bits per heavy atom. The average molecular weight is 293 g/mol. The van der Waals surface area contributed by atoms with Crippen molar-refractivity contribution < 1.29 is 24.2 Å². The molecular weight excluding hydrogens is 274 g/mol. The van der Waals surface area contributed by atoms with Crippen LogP contribution in [0.5, 0.6) is 11.5 Å². The van der Waals surface area contributed by atoms with E-state index in [1.165, 1.54) is 4.90 Å². The molecule has 0 saturated heterocycles. The Kier molecular flexibility index (Phi) is 4.35. The lowest BCUT2D eigenvalue weighted by molar-refractivity contribution is -0.141. The number of carboxylic acids is 1. The van der Waals surface area contributed by atoms with Crippen LogP contribution in [0.15, 0.2) is 18.2 Å². The maximum Gasteiger partial charge on any atom is 0.307 e. The average Bonchev–Trinajstić information content (AvgIpc) is 3.26. The molecule has 2 rings (SSSR count). The van der Waals surface area contributed by atoms with Crippen LogP contribution in [0.4, 0.5) is 0 Å². The van der Waals surface area contributed by atoms with Crippen LogP contribution < -0.4 is 9.47 Å². The second-order valence-corrected chi connectivity index (χ2v) is 5.13.